The Morgan fingerprint density at radius 2 is 1.94 bits per heavy atom. The van der Waals surface area contributed by atoms with E-state index in [4.69, 9.17) is 37.4 Å². The van der Waals surface area contributed by atoms with Crippen molar-refractivity contribution in [2.75, 3.05) is 13.7 Å². The van der Waals surface area contributed by atoms with Gasteiger partial charge in [0.1, 0.15) is 11.9 Å². The Morgan fingerprint density at radius 1 is 1.21 bits per heavy atom. The van der Waals surface area contributed by atoms with Gasteiger partial charge in [-0.2, -0.15) is 0 Å². The quantitative estimate of drug-likeness (QED) is 0.460. The van der Waals surface area contributed by atoms with E-state index in [0.29, 0.717) is 40.6 Å². The van der Waals surface area contributed by atoms with Crippen LogP contribution in [0.4, 0.5) is 0 Å². The van der Waals surface area contributed by atoms with Crippen molar-refractivity contribution in [2.24, 2.45) is 0 Å². The van der Waals surface area contributed by atoms with Gasteiger partial charge >= 0.3 is 0 Å². The molecule has 1 fully saturated rings. The van der Waals surface area contributed by atoms with Crippen LogP contribution in [-0.4, -0.2) is 56.4 Å². The number of pyridine rings is 1. The smallest absolute Gasteiger partial charge is 0.251 e. The van der Waals surface area contributed by atoms with E-state index >= 15 is 0 Å². The fourth-order valence-corrected chi connectivity index (χ4v) is 4.09. The molecule has 3 heterocycles. The number of aliphatic hydroxyl groups is 1. The summed E-state index contributed by atoms with van der Waals surface area (Å²) < 4.78 is 19.8. The summed E-state index contributed by atoms with van der Waals surface area (Å²) in [5.74, 6) is 0.436. The molecule has 2 aromatic heterocycles. The molecular weight excluding hydrogens is 483 g/mol. The van der Waals surface area contributed by atoms with Gasteiger partial charge in [0, 0.05) is 28.8 Å². The maximum atomic E-state index is 13.3. The molecule has 3 unspecified atom stereocenters. The van der Waals surface area contributed by atoms with Crippen molar-refractivity contribution in [1.82, 2.24) is 19.6 Å². The third kappa shape index (κ3) is 5.45. The van der Waals surface area contributed by atoms with Gasteiger partial charge in [-0.3, -0.25) is 4.79 Å². The van der Waals surface area contributed by atoms with Gasteiger partial charge < -0.3 is 23.9 Å². The number of hydrogen-bond donors (Lipinski definition) is 1. The van der Waals surface area contributed by atoms with Crippen molar-refractivity contribution in [1.29, 1.82) is 0 Å². The third-order valence-electron chi connectivity index (χ3n) is 5.41. The summed E-state index contributed by atoms with van der Waals surface area (Å²) in [6.45, 7) is 6.26. The maximum Gasteiger partial charge on any atom is 0.251 e. The number of halogens is 2. The number of aliphatic hydroxyl groups excluding tert-OH is 1. The highest BCUT2D eigenvalue weighted by atomic mass is 35.5. The average molecular weight is 509 g/mol. The lowest BCUT2D eigenvalue weighted by Gasteiger charge is -2.24. The van der Waals surface area contributed by atoms with Crippen LogP contribution in [0.15, 0.2) is 41.5 Å². The highest BCUT2D eigenvalue weighted by molar-refractivity contribution is 6.31. The molecule has 1 saturated heterocycles. The van der Waals surface area contributed by atoms with E-state index in [1.165, 1.54) is 22.4 Å². The van der Waals surface area contributed by atoms with Crippen LogP contribution in [0.1, 0.15) is 33.2 Å². The van der Waals surface area contributed by atoms with E-state index in [0.717, 1.165) is 0 Å². The molecule has 1 aliphatic heterocycles. The van der Waals surface area contributed by atoms with Crippen molar-refractivity contribution in [2.45, 2.75) is 51.2 Å². The summed E-state index contributed by atoms with van der Waals surface area (Å²) in [6.07, 6.45) is 2.22. The van der Waals surface area contributed by atoms with E-state index in [9.17, 15) is 9.90 Å². The lowest BCUT2D eigenvalue weighted by atomic mass is 10.0. The van der Waals surface area contributed by atoms with Crippen molar-refractivity contribution >= 4 is 23.2 Å². The molecule has 0 spiro atoms. The molecule has 1 N–H and O–H groups in total. The van der Waals surface area contributed by atoms with Gasteiger partial charge in [0.05, 0.1) is 36.8 Å². The number of hydrogen-bond acceptors (Lipinski definition) is 7. The number of rotatable bonds is 8. The first-order valence-corrected chi connectivity index (χ1v) is 11.5. The molecule has 9 nitrogen and oxygen atoms in total. The molecule has 3 atom stereocenters. The summed E-state index contributed by atoms with van der Waals surface area (Å²) in [4.78, 5) is 13.3. The molecule has 0 amide bonds. The van der Waals surface area contributed by atoms with E-state index in [-0.39, 0.29) is 16.3 Å². The number of aromatic nitrogens is 4. The van der Waals surface area contributed by atoms with E-state index < -0.39 is 18.4 Å². The zero-order valence-corrected chi connectivity index (χ0v) is 20.7. The molecule has 0 bridgehead atoms. The van der Waals surface area contributed by atoms with Crippen LogP contribution in [-0.2, 0) is 9.47 Å². The Kier molecular flexibility index (Phi) is 7.02. The lowest BCUT2D eigenvalue weighted by Crippen LogP contribution is -2.30. The predicted octanol–water partition coefficient (Wildman–Crippen LogP) is 3.87. The van der Waals surface area contributed by atoms with Crippen LogP contribution in [0.2, 0.25) is 10.2 Å². The summed E-state index contributed by atoms with van der Waals surface area (Å²) in [5, 5.41) is 18.5. The van der Waals surface area contributed by atoms with Crippen LogP contribution in [0.25, 0.3) is 16.8 Å². The summed E-state index contributed by atoms with van der Waals surface area (Å²) in [7, 11) is 1.52. The van der Waals surface area contributed by atoms with Crippen molar-refractivity contribution in [3.8, 4) is 22.6 Å². The molecule has 4 rings (SSSR count). The van der Waals surface area contributed by atoms with Crippen LogP contribution < -0.4 is 10.3 Å². The molecule has 0 saturated carbocycles. The molecule has 0 radical (unpaired) electrons. The van der Waals surface area contributed by atoms with E-state index in [1.807, 2.05) is 20.8 Å². The standard InChI is InChI=1S/C23H26Cl2N4O5/c1-23(2,3)33-8-7-17(21-22(31)34-21)28-11-18(32-4)15(10-20(28)30)14-9-13(24)5-6-16(14)29-12-19(25)26-27-29/h5-6,9-12,17,21-22,31H,7-8H2,1-4H3. The highest BCUT2D eigenvalue weighted by Crippen LogP contribution is 2.38. The molecule has 182 valence electrons. The monoisotopic (exact) mass is 508 g/mol. The summed E-state index contributed by atoms with van der Waals surface area (Å²) in [5.41, 5.74) is 1.14. The lowest BCUT2D eigenvalue weighted by molar-refractivity contribution is -0.00998. The van der Waals surface area contributed by atoms with Crippen LogP contribution in [0.3, 0.4) is 0 Å². The Bertz CT molecular complexity index is 1240. The second kappa shape index (κ2) is 9.67. The van der Waals surface area contributed by atoms with Crippen LogP contribution in [0.5, 0.6) is 5.75 Å². The van der Waals surface area contributed by atoms with E-state index in [2.05, 4.69) is 10.3 Å². The molecule has 1 aliphatic rings. The first-order valence-electron chi connectivity index (χ1n) is 10.7. The molecule has 1 aromatic carbocycles. The normalized spacial score (nSPS) is 18.7. The highest BCUT2D eigenvalue weighted by Gasteiger charge is 2.45. The second-order valence-electron chi connectivity index (χ2n) is 8.96. The first-order chi connectivity index (χ1) is 16.1. The minimum Gasteiger partial charge on any atom is -0.495 e. The second-order valence-corrected chi connectivity index (χ2v) is 9.78. The number of methoxy groups -OCH3 is 1. The topological polar surface area (TPSA) is 104 Å². The molecule has 11 heteroatoms. The van der Waals surface area contributed by atoms with Gasteiger partial charge in [0.2, 0.25) is 0 Å². The van der Waals surface area contributed by atoms with E-state index in [1.54, 1.807) is 30.6 Å². The number of benzene rings is 1. The van der Waals surface area contributed by atoms with Crippen LogP contribution >= 0.6 is 23.2 Å². The van der Waals surface area contributed by atoms with Crippen molar-refractivity contribution in [3.05, 3.63) is 57.2 Å². The van der Waals surface area contributed by atoms with Gasteiger partial charge in [0.15, 0.2) is 11.4 Å². The minimum absolute atomic E-state index is 0.228. The fraction of sp³-hybridized carbons (Fsp3) is 0.435. The molecule has 0 aliphatic carbocycles. The number of epoxide rings is 1. The van der Waals surface area contributed by atoms with Gasteiger partial charge in [-0.25, -0.2) is 4.68 Å². The van der Waals surface area contributed by atoms with Gasteiger partial charge in [-0.1, -0.05) is 28.4 Å². The Balaban J connectivity index is 1.76. The summed E-state index contributed by atoms with van der Waals surface area (Å²) in [6, 6.07) is 6.23. The van der Waals surface area contributed by atoms with Crippen LogP contribution in [0, 0.1) is 0 Å². The molecule has 34 heavy (non-hydrogen) atoms. The zero-order chi connectivity index (χ0) is 24.6. The Labute approximate surface area is 206 Å². The third-order valence-corrected chi connectivity index (χ3v) is 5.82. The number of ether oxygens (including phenoxy) is 3. The Morgan fingerprint density at radius 3 is 2.53 bits per heavy atom. The van der Waals surface area contributed by atoms with Gasteiger partial charge in [-0.15, -0.1) is 5.10 Å². The minimum atomic E-state index is -0.922. The fourth-order valence-electron chi connectivity index (χ4n) is 3.79. The largest absolute Gasteiger partial charge is 0.495 e. The van der Waals surface area contributed by atoms with Crippen molar-refractivity contribution in [3.63, 3.8) is 0 Å². The molecular formula is C23H26Cl2N4O5. The predicted molar refractivity (Wildman–Crippen MR) is 128 cm³/mol. The Hall–Kier alpha value is -2.43. The molecule has 3 aromatic rings. The SMILES string of the molecule is COc1cn(C(CCOC(C)(C)C)C2OC2O)c(=O)cc1-c1cc(Cl)ccc1-n1cc(Cl)nn1. The van der Waals surface area contributed by atoms with Crippen molar-refractivity contribution < 1.29 is 19.3 Å². The van der Waals surface area contributed by atoms with Gasteiger partial charge in [-0.05, 0) is 45.4 Å². The zero-order valence-electron chi connectivity index (χ0n) is 19.2. The number of nitrogens with zero attached hydrogens (tertiary/aromatic N) is 4. The van der Waals surface area contributed by atoms with Gasteiger partial charge in [0.25, 0.3) is 5.56 Å². The summed E-state index contributed by atoms with van der Waals surface area (Å²) >= 11 is 12.2. The maximum absolute atomic E-state index is 13.3. The first kappa shape index (κ1) is 24.7. The average Bonchev–Trinajstić information content (AvgIpc) is 3.33.